The lowest BCUT2D eigenvalue weighted by molar-refractivity contribution is -0.0611. The van der Waals surface area contributed by atoms with Crippen molar-refractivity contribution in [3.05, 3.63) is 0 Å². The van der Waals surface area contributed by atoms with Crippen LogP contribution in [-0.2, 0) is 4.74 Å². The zero-order chi connectivity index (χ0) is 7.56. The average Bonchev–Trinajstić information content (AvgIpc) is 2.36. The summed E-state index contributed by atoms with van der Waals surface area (Å²) in [6, 6.07) is 0. The van der Waals surface area contributed by atoms with Crippen molar-refractivity contribution < 1.29 is 14.9 Å². The summed E-state index contributed by atoms with van der Waals surface area (Å²) in [7, 11) is 0. The topological polar surface area (TPSA) is 49.7 Å². The maximum atomic E-state index is 9.25. The zero-order valence-corrected chi connectivity index (χ0v) is 6.16. The number of aliphatic hydroxyl groups is 2. The molecule has 3 unspecified atom stereocenters. The van der Waals surface area contributed by atoms with Gasteiger partial charge < -0.3 is 14.9 Å². The Morgan fingerprint density at radius 2 is 2.20 bits per heavy atom. The van der Waals surface area contributed by atoms with E-state index in [1.807, 2.05) is 0 Å². The Hall–Kier alpha value is -0.120. The van der Waals surface area contributed by atoms with Crippen LogP contribution >= 0.6 is 0 Å². The van der Waals surface area contributed by atoms with Gasteiger partial charge in [0.1, 0.15) is 6.10 Å². The molecule has 1 saturated heterocycles. The highest BCUT2D eigenvalue weighted by Crippen LogP contribution is 2.17. The second-order valence-corrected chi connectivity index (χ2v) is 2.78. The molecule has 10 heavy (non-hydrogen) atoms. The Balaban J connectivity index is 2.32. The Labute approximate surface area is 60.6 Å². The van der Waals surface area contributed by atoms with Crippen LogP contribution in [0.2, 0.25) is 0 Å². The van der Waals surface area contributed by atoms with Crippen molar-refractivity contribution >= 4 is 0 Å². The molecule has 2 N–H and O–H groups in total. The fourth-order valence-electron chi connectivity index (χ4n) is 1.18. The minimum Gasteiger partial charge on any atom is -0.391 e. The molecule has 0 aromatic carbocycles. The molecule has 0 spiro atoms. The van der Waals surface area contributed by atoms with E-state index < -0.39 is 12.2 Å². The summed E-state index contributed by atoms with van der Waals surface area (Å²) in [6.07, 6.45) is 0.339. The predicted molar refractivity (Wildman–Crippen MR) is 36.7 cm³/mol. The van der Waals surface area contributed by atoms with E-state index in [0.29, 0.717) is 6.61 Å². The van der Waals surface area contributed by atoms with Crippen LogP contribution in [0.1, 0.15) is 19.8 Å². The summed E-state index contributed by atoms with van der Waals surface area (Å²) in [6.45, 7) is 2.29. The molecule has 0 saturated carbocycles. The van der Waals surface area contributed by atoms with E-state index >= 15 is 0 Å². The number of ether oxygens (including phenoxy) is 1. The fraction of sp³-hybridized carbons (Fsp3) is 1.00. The number of hydrogen-bond acceptors (Lipinski definition) is 3. The van der Waals surface area contributed by atoms with E-state index in [1.165, 1.54) is 0 Å². The molecule has 0 bridgehead atoms. The van der Waals surface area contributed by atoms with Gasteiger partial charge in [-0.05, 0) is 19.8 Å². The Morgan fingerprint density at radius 3 is 2.60 bits per heavy atom. The maximum absolute atomic E-state index is 9.25. The van der Waals surface area contributed by atoms with Gasteiger partial charge in [-0.3, -0.25) is 0 Å². The highest BCUT2D eigenvalue weighted by Gasteiger charge is 2.26. The third-order valence-corrected chi connectivity index (χ3v) is 1.84. The lowest BCUT2D eigenvalue weighted by atomic mass is 10.1. The van der Waals surface area contributed by atoms with Crippen LogP contribution < -0.4 is 0 Å². The van der Waals surface area contributed by atoms with Gasteiger partial charge in [0.15, 0.2) is 0 Å². The molecule has 3 atom stereocenters. The maximum Gasteiger partial charge on any atom is 0.106 e. The van der Waals surface area contributed by atoms with Crippen molar-refractivity contribution in [1.82, 2.24) is 0 Å². The largest absolute Gasteiger partial charge is 0.391 e. The van der Waals surface area contributed by atoms with Gasteiger partial charge in [-0.2, -0.15) is 0 Å². The smallest absolute Gasteiger partial charge is 0.106 e. The molecule has 1 heterocycles. The van der Waals surface area contributed by atoms with Gasteiger partial charge >= 0.3 is 0 Å². The molecule has 0 aromatic heterocycles. The van der Waals surface area contributed by atoms with E-state index in [0.717, 1.165) is 12.8 Å². The van der Waals surface area contributed by atoms with E-state index in [-0.39, 0.29) is 6.10 Å². The standard InChI is InChI=1S/C7H14O3/c1-5(8)7(9)6-3-2-4-10-6/h5-9H,2-4H2,1H3. The van der Waals surface area contributed by atoms with Crippen molar-refractivity contribution in [2.45, 2.75) is 38.1 Å². The Bertz CT molecular complexity index is 97.0. The third-order valence-electron chi connectivity index (χ3n) is 1.84. The molecule has 0 amide bonds. The molecule has 1 aliphatic heterocycles. The lowest BCUT2D eigenvalue weighted by Crippen LogP contribution is -2.34. The minimum atomic E-state index is -0.706. The van der Waals surface area contributed by atoms with E-state index in [4.69, 9.17) is 9.84 Å². The lowest BCUT2D eigenvalue weighted by Gasteiger charge is -2.19. The van der Waals surface area contributed by atoms with Crippen LogP contribution in [0.25, 0.3) is 0 Å². The first-order valence-corrected chi connectivity index (χ1v) is 3.69. The highest BCUT2D eigenvalue weighted by molar-refractivity contribution is 4.76. The summed E-state index contributed by atoms with van der Waals surface area (Å²) < 4.78 is 5.17. The quantitative estimate of drug-likeness (QED) is 0.572. The summed E-state index contributed by atoms with van der Waals surface area (Å²) in [5.41, 5.74) is 0. The number of rotatable bonds is 2. The van der Waals surface area contributed by atoms with Gasteiger partial charge in [-0.25, -0.2) is 0 Å². The molecular formula is C7H14O3. The Morgan fingerprint density at radius 1 is 1.50 bits per heavy atom. The van der Waals surface area contributed by atoms with E-state index in [9.17, 15) is 5.11 Å². The fourth-order valence-corrected chi connectivity index (χ4v) is 1.18. The first-order chi connectivity index (χ1) is 4.72. The van der Waals surface area contributed by atoms with Crippen LogP contribution in [0.3, 0.4) is 0 Å². The summed E-state index contributed by atoms with van der Waals surface area (Å²) in [5.74, 6) is 0. The molecule has 1 aliphatic rings. The molecule has 1 fully saturated rings. The van der Waals surface area contributed by atoms with Crippen molar-refractivity contribution in [2.24, 2.45) is 0 Å². The van der Waals surface area contributed by atoms with Crippen LogP contribution in [-0.4, -0.2) is 35.1 Å². The first kappa shape index (κ1) is 7.98. The molecule has 3 nitrogen and oxygen atoms in total. The van der Waals surface area contributed by atoms with Crippen molar-refractivity contribution in [3.8, 4) is 0 Å². The second kappa shape index (κ2) is 3.32. The second-order valence-electron chi connectivity index (χ2n) is 2.78. The monoisotopic (exact) mass is 146 g/mol. The zero-order valence-electron chi connectivity index (χ0n) is 6.16. The molecule has 1 rings (SSSR count). The van der Waals surface area contributed by atoms with E-state index in [2.05, 4.69) is 0 Å². The summed E-state index contributed by atoms with van der Waals surface area (Å²) in [5, 5.41) is 18.2. The summed E-state index contributed by atoms with van der Waals surface area (Å²) in [4.78, 5) is 0. The molecule has 3 heteroatoms. The molecule has 60 valence electrons. The molecule has 0 aliphatic carbocycles. The van der Waals surface area contributed by atoms with Crippen molar-refractivity contribution in [3.63, 3.8) is 0 Å². The Kier molecular flexibility index (Phi) is 2.65. The van der Waals surface area contributed by atoms with Gasteiger partial charge in [0.05, 0.1) is 12.2 Å². The van der Waals surface area contributed by atoms with Crippen LogP contribution in [0.4, 0.5) is 0 Å². The van der Waals surface area contributed by atoms with Gasteiger partial charge in [0, 0.05) is 6.61 Å². The summed E-state index contributed by atoms with van der Waals surface area (Å²) >= 11 is 0. The molecule has 0 radical (unpaired) electrons. The van der Waals surface area contributed by atoms with Gasteiger partial charge in [-0.15, -0.1) is 0 Å². The normalized spacial score (nSPS) is 32.1. The SMILES string of the molecule is CC(O)C(O)C1CCCO1. The minimum absolute atomic E-state index is 0.139. The average molecular weight is 146 g/mol. The highest BCUT2D eigenvalue weighted by atomic mass is 16.5. The van der Waals surface area contributed by atoms with Crippen molar-refractivity contribution in [1.29, 1.82) is 0 Å². The third kappa shape index (κ3) is 1.68. The molecule has 0 aromatic rings. The molecular weight excluding hydrogens is 132 g/mol. The predicted octanol–water partition coefficient (Wildman–Crippen LogP) is -0.0929. The number of hydrogen-bond donors (Lipinski definition) is 2. The first-order valence-electron chi connectivity index (χ1n) is 3.69. The van der Waals surface area contributed by atoms with Crippen molar-refractivity contribution in [2.75, 3.05) is 6.61 Å². The van der Waals surface area contributed by atoms with Gasteiger partial charge in [-0.1, -0.05) is 0 Å². The van der Waals surface area contributed by atoms with Gasteiger partial charge in [0.2, 0.25) is 0 Å². The number of aliphatic hydroxyl groups excluding tert-OH is 2. The van der Waals surface area contributed by atoms with Gasteiger partial charge in [0.25, 0.3) is 0 Å². The van der Waals surface area contributed by atoms with Crippen LogP contribution in [0.5, 0.6) is 0 Å². The van der Waals surface area contributed by atoms with E-state index in [1.54, 1.807) is 6.92 Å². The van der Waals surface area contributed by atoms with Crippen LogP contribution in [0, 0.1) is 0 Å². The van der Waals surface area contributed by atoms with Crippen LogP contribution in [0.15, 0.2) is 0 Å².